The predicted octanol–water partition coefficient (Wildman–Crippen LogP) is 2.54. The number of alkyl halides is 1. The molecule has 1 aromatic carbocycles. The van der Waals surface area contributed by atoms with Crippen molar-refractivity contribution in [3.05, 3.63) is 27.7 Å². The average Bonchev–Trinajstić information content (AvgIpc) is 2.43. The number of hydrogen-bond donors (Lipinski definition) is 4. The first-order chi connectivity index (χ1) is 10.3. The van der Waals surface area contributed by atoms with Crippen LogP contribution in [0, 0.1) is 0 Å². The number of piperidine rings is 1. The van der Waals surface area contributed by atoms with Gasteiger partial charge in [0, 0.05) is 5.02 Å². The number of rotatable bonds is 4. The number of benzene rings is 1. The van der Waals surface area contributed by atoms with E-state index < -0.39 is 11.7 Å². The monoisotopic (exact) mass is 365 g/mol. The molecule has 1 atom stereocenters. The van der Waals surface area contributed by atoms with Crippen LogP contribution in [0.25, 0.3) is 0 Å². The van der Waals surface area contributed by atoms with Crippen molar-refractivity contribution >= 4 is 40.5 Å². The molecule has 0 amide bonds. The molecule has 1 unspecified atom stereocenters. The first kappa shape index (κ1) is 17.5. The fourth-order valence-electron chi connectivity index (χ4n) is 2.72. The molecule has 0 spiro atoms. The number of thiocarbonyl (C=S) groups is 1. The Morgan fingerprint density at radius 1 is 1.45 bits per heavy atom. The van der Waals surface area contributed by atoms with Gasteiger partial charge in [0.15, 0.2) is 5.11 Å². The van der Waals surface area contributed by atoms with E-state index in [1.165, 1.54) is 6.07 Å². The summed E-state index contributed by atoms with van der Waals surface area (Å²) in [5.74, 6) is -0.0988. The first-order valence-electron chi connectivity index (χ1n) is 6.94. The Bertz CT molecular complexity index is 567. The highest BCUT2D eigenvalue weighted by molar-refractivity contribution is 7.80. The van der Waals surface area contributed by atoms with Crippen LogP contribution >= 0.6 is 35.4 Å². The van der Waals surface area contributed by atoms with Gasteiger partial charge in [-0.2, -0.15) is 0 Å². The maximum absolute atomic E-state index is 15.3. The molecule has 122 valence electrons. The minimum Gasteiger partial charge on any atom is -0.506 e. The first-order valence-corrected chi connectivity index (χ1v) is 8.11. The Hall–Kier alpha value is -0.820. The molecule has 2 rings (SSSR count). The maximum Gasteiger partial charge on any atom is 0.163 e. The van der Waals surface area contributed by atoms with Gasteiger partial charge < -0.3 is 21.5 Å². The van der Waals surface area contributed by atoms with Gasteiger partial charge in [-0.15, -0.1) is 0 Å². The molecule has 1 fully saturated rings. The van der Waals surface area contributed by atoms with Gasteiger partial charge in [-0.25, -0.2) is 4.39 Å². The third-order valence-electron chi connectivity index (χ3n) is 3.91. The van der Waals surface area contributed by atoms with Crippen molar-refractivity contribution in [3.63, 3.8) is 0 Å². The third-order valence-corrected chi connectivity index (χ3v) is 4.53. The van der Waals surface area contributed by atoms with Crippen LogP contribution in [-0.2, 0) is 6.42 Å². The molecule has 0 saturated carbocycles. The van der Waals surface area contributed by atoms with Gasteiger partial charge in [0.2, 0.25) is 0 Å². The van der Waals surface area contributed by atoms with Crippen LogP contribution < -0.4 is 16.4 Å². The lowest BCUT2D eigenvalue weighted by Gasteiger charge is -2.38. The van der Waals surface area contributed by atoms with Crippen LogP contribution in [0.1, 0.15) is 18.4 Å². The molecule has 1 aliphatic heterocycles. The largest absolute Gasteiger partial charge is 0.506 e. The summed E-state index contributed by atoms with van der Waals surface area (Å²) in [5, 5.41) is 16.5. The number of hydrogen-bond acceptors (Lipinski definition) is 3. The third kappa shape index (κ3) is 4.13. The Morgan fingerprint density at radius 2 is 2.09 bits per heavy atom. The molecular formula is C14H18Cl2FN3OS. The van der Waals surface area contributed by atoms with E-state index in [1.54, 1.807) is 6.07 Å². The predicted molar refractivity (Wildman–Crippen MR) is 91.5 cm³/mol. The van der Waals surface area contributed by atoms with Crippen molar-refractivity contribution in [2.45, 2.75) is 31.0 Å². The summed E-state index contributed by atoms with van der Waals surface area (Å²) in [5.41, 5.74) is 4.52. The Balaban J connectivity index is 2.29. The van der Waals surface area contributed by atoms with E-state index in [1.807, 2.05) is 0 Å². The van der Waals surface area contributed by atoms with E-state index >= 15 is 4.39 Å². The minimum absolute atomic E-state index is 0.0215. The summed E-state index contributed by atoms with van der Waals surface area (Å²) in [6.07, 6.45) is 0.852. The lowest BCUT2D eigenvalue weighted by molar-refractivity contribution is 0.0750. The standard InChI is InChI=1S/C14H18Cl2FN3OS/c15-9-5-8(12(21)10(16)7-9)6-11(20-13(18)22)14(17)1-3-19-4-2-14/h5,7,11,19,21H,1-4,6H2,(H3,18,20,22). The van der Waals surface area contributed by atoms with Crippen molar-refractivity contribution in [1.29, 1.82) is 0 Å². The zero-order valence-corrected chi connectivity index (χ0v) is 14.2. The molecule has 4 nitrogen and oxygen atoms in total. The van der Waals surface area contributed by atoms with Crippen LogP contribution in [0.2, 0.25) is 10.0 Å². The quantitative estimate of drug-likeness (QED) is 0.617. The second kappa shape index (κ2) is 7.17. The molecule has 0 bridgehead atoms. The Morgan fingerprint density at radius 3 is 2.68 bits per heavy atom. The van der Waals surface area contributed by atoms with Gasteiger partial charge >= 0.3 is 0 Å². The van der Waals surface area contributed by atoms with Crippen LogP contribution in [0.15, 0.2) is 12.1 Å². The normalized spacial score (nSPS) is 18.7. The van der Waals surface area contributed by atoms with Crippen LogP contribution in [-0.4, -0.2) is 35.0 Å². The summed E-state index contributed by atoms with van der Waals surface area (Å²) in [6, 6.07) is 2.35. The maximum atomic E-state index is 15.3. The van der Waals surface area contributed by atoms with Crippen molar-refractivity contribution in [1.82, 2.24) is 10.6 Å². The topological polar surface area (TPSA) is 70.3 Å². The second-order valence-electron chi connectivity index (χ2n) is 5.45. The number of halogens is 3. The van der Waals surface area contributed by atoms with Gasteiger partial charge in [-0.05, 0) is 62.3 Å². The zero-order valence-electron chi connectivity index (χ0n) is 11.8. The molecule has 8 heteroatoms. The van der Waals surface area contributed by atoms with Gasteiger partial charge in [0.1, 0.15) is 11.4 Å². The highest BCUT2D eigenvalue weighted by atomic mass is 35.5. The lowest BCUT2D eigenvalue weighted by Crippen LogP contribution is -2.56. The summed E-state index contributed by atoms with van der Waals surface area (Å²) in [6.45, 7) is 1.16. The number of phenolic OH excluding ortho intramolecular Hbond substituents is 1. The average molecular weight is 366 g/mol. The second-order valence-corrected chi connectivity index (χ2v) is 6.73. The summed E-state index contributed by atoms with van der Waals surface area (Å²) in [4.78, 5) is 0. The number of nitrogens with two attached hydrogens (primary N) is 1. The van der Waals surface area contributed by atoms with E-state index in [0.29, 0.717) is 36.5 Å². The van der Waals surface area contributed by atoms with Crippen molar-refractivity contribution < 1.29 is 9.50 Å². The van der Waals surface area contributed by atoms with Gasteiger partial charge in [0.05, 0.1) is 11.1 Å². The van der Waals surface area contributed by atoms with E-state index in [9.17, 15) is 5.11 Å². The fourth-order valence-corrected chi connectivity index (χ4v) is 3.40. The van der Waals surface area contributed by atoms with E-state index in [4.69, 9.17) is 41.2 Å². The Kier molecular flexibility index (Phi) is 5.71. The van der Waals surface area contributed by atoms with Crippen LogP contribution in [0.4, 0.5) is 4.39 Å². The summed E-state index contributed by atoms with van der Waals surface area (Å²) >= 11 is 16.7. The van der Waals surface area contributed by atoms with Crippen LogP contribution in [0.5, 0.6) is 5.75 Å². The number of aromatic hydroxyl groups is 1. The highest BCUT2D eigenvalue weighted by Gasteiger charge is 2.40. The molecule has 0 aliphatic carbocycles. The molecule has 1 heterocycles. The van der Waals surface area contributed by atoms with E-state index in [0.717, 1.165) is 0 Å². The van der Waals surface area contributed by atoms with Crippen molar-refractivity contribution in [3.8, 4) is 5.75 Å². The lowest BCUT2D eigenvalue weighted by atomic mass is 9.83. The molecule has 0 radical (unpaired) electrons. The van der Waals surface area contributed by atoms with Gasteiger partial charge in [0.25, 0.3) is 0 Å². The molecule has 1 aromatic rings. The zero-order chi connectivity index (χ0) is 16.3. The molecule has 5 N–H and O–H groups in total. The molecule has 1 saturated heterocycles. The van der Waals surface area contributed by atoms with E-state index in [2.05, 4.69) is 10.6 Å². The SMILES string of the molecule is NC(=S)NC(Cc1cc(Cl)cc(Cl)c1O)C1(F)CCNCC1. The van der Waals surface area contributed by atoms with Gasteiger partial charge in [-0.3, -0.25) is 0 Å². The summed E-state index contributed by atoms with van der Waals surface area (Å²) in [7, 11) is 0. The van der Waals surface area contributed by atoms with Gasteiger partial charge in [-0.1, -0.05) is 23.2 Å². The number of nitrogens with one attached hydrogen (secondary N) is 2. The summed E-state index contributed by atoms with van der Waals surface area (Å²) < 4.78 is 15.3. The smallest absolute Gasteiger partial charge is 0.163 e. The minimum atomic E-state index is -1.48. The Labute approximate surface area is 144 Å². The fraction of sp³-hybridized carbons (Fsp3) is 0.500. The molecular weight excluding hydrogens is 348 g/mol. The molecule has 0 aromatic heterocycles. The molecule has 1 aliphatic rings. The van der Waals surface area contributed by atoms with Crippen LogP contribution in [0.3, 0.4) is 0 Å². The number of phenols is 1. The van der Waals surface area contributed by atoms with Crippen molar-refractivity contribution in [2.75, 3.05) is 13.1 Å². The highest BCUT2D eigenvalue weighted by Crippen LogP contribution is 2.35. The molecule has 22 heavy (non-hydrogen) atoms. The van der Waals surface area contributed by atoms with Crippen molar-refractivity contribution in [2.24, 2.45) is 5.73 Å². The van der Waals surface area contributed by atoms with E-state index in [-0.39, 0.29) is 22.3 Å².